The number of halogens is 2. The zero-order valence-electron chi connectivity index (χ0n) is 24.7. The molecule has 5 rings (SSSR count). The lowest BCUT2D eigenvalue weighted by Crippen LogP contribution is -2.54. The van der Waals surface area contributed by atoms with Crippen LogP contribution in [-0.4, -0.2) is 43.8 Å². The van der Waals surface area contributed by atoms with Gasteiger partial charge in [-0.15, -0.1) is 0 Å². The van der Waals surface area contributed by atoms with Crippen molar-refractivity contribution in [3.63, 3.8) is 0 Å². The average Bonchev–Trinajstić information content (AvgIpc) is 3.56. The number of carbonyl (C=O) groups excluding carboxylic acids is 2. The van der Waals surface area contributed by atoms with Gasteiger partial charge >= 0.3 is 0 Å². The van der Waals surface area contributed by atoms with Crippen molar-refractivity contribution in [2.45, 2.75) is 55.6 Å². The summed E-state index contributed by atoms with van der Waals surface area (Å²) in [6.07, 6.45) is 4.11. The maximum atomic E-state index is 14.6. The number of carbonyl (C=O) groups is 2. The quantitative estimate of drug-likeness (QED) is 0.161. The summed E-state index contributed by atoms with van der Waals surface area (Å²) in [4.78, 5) is 30.2. The molecule has 4 aromatic carbocycles. The lowest BCUT2D eigenvalue weighted by Gasteiger charge is -2.34. The maximum Gasteiger partial charge on any atom is 0.264 e. The highest BCUT2D eigenvalue weighted by Gasteiger charge is 2.35. The van der Waals surface area contributed by atoms with Gasteiger partial charge < -0.3 is 10.2 Å². The molecule has 1 saturated carbocycles. The Morgan fingerprint density at radius 3 is 2.09 bits per heavy atom. The van der Waals surface area contributed by atoms with E-state index >= 15 is 0 Å². The maximum absolute atomic E-state index is 14.6. The van der Waals surface area contributed by atoms with E-state index in [1.54, 1.807) is 54.6 Å². The van der Waals surface area contributed by atoms with E-state index in [1.807, 2.05) is 42.5 Å². The highest BCUT2D eigenvalue weighted by Crippen LogP contribution is 2.27. The van der Waals surface area contributed by atoms with Crippen molar-refractivity contribution in [3.8, 4) is 0 Å². The standard InChI is InChI=1S/C35H35ClIN3O4S/c36-32-18-10-7-13-27(32)24-39(33(23-26-11-3-1-4-12-26)35(42)38-29-14-8-9-15-29)34(41)25-40(30-21-19-28(37)20-22-30)45(43,44)31-16-5-2-6-17-31/h1-7,10-13,16-22,29,33H,8-9,14-15,23-25H2,(H,38,42). The molecule has 0 spiro atoms. The Kier molecular flexibility index (Phi) is 11.2. The van der Waals surface area contributed by atoms with Crippen molar-refractivity contribution in [1.29, 1.82) is 0 Å². The van der Waals surface area contributed by atoms with E-state index in [9.17, 15) is 18.0 Å². The molecule has 7 nitrogen and oxygen atoms in total. The first kappa shape index (κ1) is 33.0. The Morgan fingerprint density at radius 2 is 1.44 bits per heavy atom. The molecule has 0 saturated heterocycles. The van der Waals surface area contributed by atoms with E-state index in [2.05, 4.69) is 27.9 Å². The minimum atomic E-state index is -4.14. The average molecular weight is 756 g/mol. The molecule has 1 aliphatic rings. The molecule has 0 heterocycles. The molecule has 1 unspecified atom stereocenters. The second-order valence-electron chi connectivity index (χ2n) is 11.1. The molecule has 0 aromatic heterocycles. The monoisotopic (exact) mass is 755 g/mol. The van der Waals surface area contributed by atoms with Crippen molar-refractivity contribution in [3.05, 3.63) is 129 Å². The fraction of sp³-hybridized carbons (Fsp3) is 0.257. The summed E-state index contributed by atoms with van der Waals surface area (Å²) in [5, 5.41) is 3.64. The Bertz CT molecular complexity index is 1700. The predicted molar refractivity (Wildman–Crippen MR) is 186 cm³/mol. The SMILES string of the molecule is O=C(NC1CCCC1)C(Cc1ccccc1)N(Cc1ccccc1Cl)C(=O)CN(c1ccc(I)cc1)S(=O)(=O)c1ccccc1. The van der Waals surface area contributed by atoms with Gasteiger partial charge in [0.1, 0.15) is 12.6 Å². The second-order valence-corrected chi connectivity index (χ2v) is 14.6. The van der Waals surface area contributed by atoms with Crippen LogP contribution in [0, 0.1) is 3.57 Å². The zero-order chi connectivity index (χ0) is 31.8. The fourth-order valence-electron chi connectivity index (χ4n) is 5.59. The number of amides is 2. The molecule has 1 aliphatic carbocycles. The number of anilines is 1. The van der Waals surface area contributed by atoms with Crippen LogP contribution in [0.2, 0.25) is 5.02 Å². The van der Waals surface area contributed by atoms with Gasteiger partial charge in [0.15, 0.2) is 0 Å². The van der Waals surface area contributed by atoms with Crippen LogP contribution >= 0.6 is 34.2 Å². The van der Waals surface area contributed by atoms with Crippen LogP contribution in [0.5, 0.6) is 0 Å². The van der Waals surface area contributed by atoms with Crippen LogP contribution in [0.25, 0.3) is 0 Å². The third-order valence-electron chi connectivity index (χ3n) is 8.00. The van der Waals surface area contributed by atoms with E-state index in [0.29, 0.717) is 16.3 Å². The normalized spacial score (nSPS) is 14.1. The summed E-state index contributed by atoms with van der Waals surface area (Å²) >= 11 is 8.73. The van der Waals surface area contributed by atoms with Crippen LogP contribution in [0.3, 0.4) is 0 Å². The van der Waals surface area contributed by atoms with Gasteiger partial charge in [-0.1, -0.05) is 91.2 Å². The smallest absolute Gasteiger partial charge is 0.264 e. The molecule has 234 valence electrons. The second kappa shape index (κ2) is 15.2. The lowest BCUT2D eigenvalue weighted by molar-refractivity contribution is -0.140. The van der Waals surface area contributed by atoms with Crippen molar-refractivity contribution >= 4 is 61.7 Å². The van der Waals surface area contributed by atoms with Crippen molar-refractivity contribution in [2.24, 2.45) is 0 Å². The minimum Gasteiger partial charge on any atom is -0.352 e. The first-order chi connectivity index (χ1) is 21.7. The van der Waals surface area contributed by atoms with E-state index in [4.69, 9.17) is 11.6 Å². The van der Waals surface area contributed by atoms with E-state index in [-0.39, 0.29) is 29.8 Å². The third-order valence-corrected chi connectivity index (χ3v) is 10.9. The fourth-order valence-corrected chi connectivity index (χ4v) is 7.58. The number of rotatable bonds is 12. The van der Waals surface area contributed by atoms with Gasteiger partial charge in [-0.25, -0.2) is 8.42 Å². The highest BCUT2D eigenvalue weighted by molar-refractivity contribution is 14.1. The van der Waals surface area contributed by atoms with Gasteiger partial charge in [-0.2, -0.15) is 0 Å². The van der Waals surface area contributed by atoms with Gasteiger partial charge in [0.25, 0.3) is 10.0 Å². The summed E-state index contributed by atoms with van der Waals surface area (Å²) in [6, 6.07) is 30.8. The summed E-state index contributed by atoms with van der Waals surface area (Å²) in [5.41, 5.74) is 1.89. The molecule has 1 atom stereocenters. The number of benzene rings is 4. The van der Waals surface area contributed by atoms with Gasteiger partial charge in [0, 0.05) is 27.6 Å². The summed E-state index contributed by atoms with van der Waals surface area (Å²) in [6.45, 7) is -0.482. The van der Waals surface area contributed by atoms with E-state index in [1.165, 1.54) is 17.0 Å². The largest absolute Gasteiger partial charge is 0.352 e. The number of nitrogens with zero attached hydrogens (tertiary/aromatic N) is 2. The Balaban J connectivity index is 1.56. The van der Waals surface area contributed by atoms with Crippen molar-refractivity contribution in [1.82, 2.24) is 10.2 Å². The Labute approximate surface area is 283 Å². The molecule has 0 bridgehead atoms. The summed E-state index contributed by atoms with van der Waals surface area (Å²) in [5.74, 6) is -0.784. The third kappa shape index (κ3) is 8.45. The first-order valence-corrected chi connectivity index (χ1v) is 17.8. The molecule has 10 heteroatoms. The number of sulfonamides is 1. The van der Waals surface area contributed by atoms with Crippen molar-refractivity contribution < 1.29 is 18.0 Å². The van der Waals surface area contributed by atoms with Crippen LogP contribution in [-0.2, 0) is 32.6 Å². The highest BCUT2D eigenvalue weighted by atomic mass is 127. The Morgan fingerprint density at radius 1 is 0.844 bits per heavy atom. The summed E-state index contributed by atoms with van der Waals surface area (Å²) in [7, 11) is -4.14. The van der Waals surface area contributed by atoms with Gasteiger partial charge in [-0.05, 0) is 89.0 Å². The number of hydrogen-bond acceptors (Lipinski definition) is 4. The number of nitrogens with one attached hydrogen (secondary N) is 1. The van der Waals surface area contributed by atoms with Gasteiger partial charge in [0.05, 0.1) is 10.6 Å². The molecular formula is C35H35ClIN3O4S. The van der Waals surface area contributed by atoms with Gasteiger partial charge in [-0.3, -0.25) is 13.9 Å². The van der Waals surface area contributed by atoms with Crippen LogP contribution in [0.1, 0.15) is 36.8 Å². The molecule has 0 radical (unpaired) electrons. The molecular weight excluding hydrogens is 721 g/mol. The molecule has 1 N–H and O–H groups in total. The Hall–Kier alpha value is -3.41. The first-order valence-electron chi connectivity index (χ1n) is 14.9. The molecule has 2 amide bonds. The number of hydrogen-bond donors (Lipinski definition) is 1. The lowest BCUT2D eigenvalue weighted by atomic mass is 10.0. The summed E-state index contributed by atoms with van der Waals surface area (Å²) < 4.78 is 30.2. The van der Waals surface area contributed by atoms with E-state index < -0.39 is 28.5 Å². The molecule has 45 heavy (non-hydrogen) atoms. The van der Waals surface area contributed by atoms with Crippen molar-refractivity contribution in [2.75, 3.05) is 10.8 Å². The topological polar surface area (TPSA) is 86.8 Å². The van der Waals surface area contributed by atoms with Crippen LogP contribution in [0.4, 0.5) is 5.69 Å². The zero-order valence-corrected chi connectivity index (χ0v) is 28.4. The van der Waals surface area contributed by atoms with Crippen LogP contribution in [0.15, 0.2) is 114 Å². The van der Waals surface area contributed by atoms with E-state index in [0.717, 1.165) is 39.1 Å². The molecule has 0 aliphatic heterocycles. The molecule has 4 aromatic rings. The van der Waals surface area contributed by atoms with Gasteiger partial charge in [0.2, 0.25) is 11.8 Å². The predicted octanol–water partition coefficient (Wildman–Crippen LogP) is 6.84. The molecule has 1 fully saturated rings. The minimum absolute atomic E-state index is 0.0278. The van der Waals surface area contributed by atoms with Crippen LogP contribution < -0.4 is 9.62 Å².